The first-order valence-electron chi connectivity index (χ1n) is 6.58. The topological polar surface area (TPSA) is 0 Å². The molecule has 0 aromatic heterocycles. The van der Waals surface area contributed by atoms with Crippen molar-refractivity contribution in [3.05, 3.63) is 40.5 Å². The van der Waals surface area contributed by atoms with Crippen LogP contribution in [-0.4, -0.2) is 0 Å². The summed E-state index contributed by atoms with van der Waals surface area (Å²) in [5.41, 5.74) is 7.98. The standard InChI is InChI=1S/C16H20/c1-11(2)8-14-6-7-15-9-12-4-3-5-13(12)10-16(14)15/h6,9-11H,3-5,7-8H2,1-2H3. The lowest BCUT2D eigenvalue weighted by Gasteiger charge is -2.10. The SMILES string of the molecule is CC(C)CC1=CCc2cc3c(cc21)CCC3. The maximum atomic E-state index is 2.48. The summed E-state index contributed by atoms with van der Waals surface area (Å²) in [6.07, 6.45) is 8.83. The molecule has 0 bridgehead atoms. The van der Waals surface area contributed by atoms with Crippen LogP contribution in [0.15, 0.2) is 18.2 Å². The van der Waals surface area contributed by atoms with E-state index in [4.69, 9.17) is 0 Å². The minimum absolute atomic E-state index is 0.769. The monoisotopic (exact) mass is 212 g/mol. The summed E-state index contributed by atoms with van der Waals surface area (Å²) in [5.74, 6) is 0.769. The normalized spacial score (nSPS) is 17.6. The molecule has 1 aromatic rings. The van der Waals surface area contributed by atoms with Gasteiger partial charge in [-0.15, -0.1) is 0 Å². The van der Waals surface area contributed by atoms with E-state index in [0.717, 1.165) is 5.92 Å². The number of rotatable bonds is 2. The molecule has 1 aromatic carbocycles. The third-order valence-corrected chi connectivity index (χ3v) is 3.86. The molecule has 0 saturated heterocycles. The average Bonchev–Trinajstić information content (AvgIpc) is 2.81. The Kier molecular flexibility index (Phi) is 2.38. The fourth-order valence-corrected chi connectivity index (χ4v) is 3.12. The van der Waals surface area contributed by atoms with E-state index in [1.54, 1.807) is 27.8 Å². The molecule has 0 saturated carbocycles. The van der Waals surface area contributed by atoms with Gasteiger partial charge in [-0.25, -0.2) is 0 Å². The minimum Gasteiger partial charge on any atom is -0.0763 e. The summed E-state index contributed by atoms with van der Waals surface area (Å²) in [6.45, 7) is 4.62. The van der Waals surface area contributed by atoms with Gasteiger partial charge in [0, 0.05) is 0 Å². The highest BCUT2D eigenvalue weighted by atomic mass is 14.2. The van der Waals surface area contributed by atoms with Crippen LogP contribution in [-0.2, 0) is 19.3 Å². The maximum Gasteiger partial charge on any atom is -0.00853 e. The quantitative estimate of drug-likeness (QED) is 0.690. The van der Waals surface area contributed by atoms with E-state index in [0.29, 0.717) is 0 Å². The molecular weight excluding hydrogens is 192 g/mol. The Morgan fingerprint density at radius 2 is 1.81 bits per heavy atom. The molecule has 0 spiro atoms. The van der Waals surface area contributed by atoms with Crippen LogP contribution in [0.25, 0.3) is 5.57 Å². The molecule has 0 unspecified atom stereocenters. The van der Waals surface area contributed by atoms with E-state index in [-0.39, 0.29) is 0 Å². The van der Waals surface area contributed by atoms with Crippen molar-refractivity contribution in [1.29, 1.82) is 0 Å². The number of hydrogen-bond acceptors (Lipinski definition) is 0. The smallest absolute Gasteiger partial charge is 0.00853 e. The molecule has 0 heterocycles. The van der Waals surface area contributed by atoms with Crippen LogP contribution in [0.2, 0.25) is 0 Å². The number of fused-ring (bicyclic) bond motifs is 2. The predicted molar refractivity (Wildman–Crippen MR) is 69.6 cm³/mol. The first kappa shape index (κ1) is 10.1. The molecule has 2 aliphatic rings. The second kappa shape index (κ2) is 3.76. The summed E-state index contributed by atoms with van der Waals surface area (Å²) in [5, 5.41) is 0. The average molecular weight is 212 g/mol. The molecular formula is C16H20. The minimum atomic E-state index is 0.769. The molecule has 0 N–H and O–H groups in total. The van der Waals surface area contributed by atoms with Crippen LogP contribution in [0.4, 0.5) is 0 Å². The van der Waals surface area contributed by atoms with Crippen molar-refractivity contribution < 1.29 is 0 Å². The molecule has 0 fully saturated rings. The van der Waals surface area contributed by atoms with Gasteiger partial charge in [-0.2, -0.15) is 0 Å². The van der Waals surface area contributed by atoms with Crippen molar-refractivity contribution in [1.82, 2.24) is 0 Å². The van der Waals surface area contributed by atoms with Crippen LogP contribution in [0.5, 0.6) is 0 Å². The molecule has 2 aliphatic carbocycles. The summed E-state index contributed by atoms with van der Waals surface area (Å²) < 4.78 is 0. The molecule has 0 nitrogen and oxygen atoms in total. The van der Waals surface area contributed by atoms with Crippen molar-refractivity contribution in [3.8, 4) is 0 Å². The van der Waals surface area contributed by atoms with Crippen molar-refractivity contribution in [2.45, 2.75) is 46.0 Å². The molecule has 0 atom stereocenters. The number of benzene rings is 1. The van der Waals surface area contributed by atoms with Crippen molar-refractivity contribution in [2.24, 2.45) is 5.92 Å². The third-order valence-electron chi connectivity index (χ3n) is 3.86. The van der Waals surface area contributed by atoms with Gasteiger partial charge in [0.2, 0.25) is 0 Å². The van der Waals surface area contributed by atoms with Gasteiger partial charge in [-0.3, -0.25) is 0 Å². The predicted octanol–water partition coefficient (Wildman–Crippen LogP) is 4.16. The van der Waals surface area contributed by atoms with Gasteiger partial charge in [0.1, 0.15) is 0 Å². The van der Waals surface area contributed by atoms with Gasteiger partial charge in [0.25, 0.3) is 0 Å². The molecule has 84 valence electrons. The Labute approximate surface area is 98.4 Å². The second-order valence-corrected chi connectivity index (χ2v) is 5.66. The van der Waals surface area contributed by atoms with E-state index in [1.165, 1.54) is 32.1 Å². The van der Waals surface area contributed by atoms with Crippen molar-refractivity contribution >= 4 is 5.57 Å². The van der Waals surface area contributed by atoms with E-state index in [1.807, 2.05) is 0 Å². The van der Waals surface area contributed by atoms with Gasteiger partial charge >= 0.3 is 0 Å². The first-order valence-corrected chi connectivity index (χ1v) is 6.58. The zero-order valence-electron chi connectivity index (χ0n) is 10.3. The Hall–Kier alpha value is -1.04. The zero-order chi connectivity index (χ0) is 11.1. The van der Waals surface area contributed by atoms with Crippen LogP contribution >= 0.6 is 0 Å². The maximum absolute atomic E-state index is 2.48. The Balaban J connectivity index is 1.97. The molecule has 3 rings (SSSR count). The molecule has 0 amide bonds. The van der Waals surface area contributed by atoms with Gasteiger partial charge < -0.3 is 0 Å². The third kappa shape index (κ3) is 1.61. The highest BCUT2D eigenvalue weighted by Crippen LogP contribution is 2.36. The fraction of sp³-hybridized carbons (Fsp3) is 0.500. The molecule has 0 aliphatic heterocycles. The molecule has 0 heteroatoms. The summed E-state index contributed by atoms with van der Waals surface area (Å²) in [6, 6.07) is 4.96. The van der Waals surface area contributed by atoms with Gasteiger partial charge in [0.15, 0.2) is 0 Å². The first-order chi connectivity index (χ1) is 7.74. The highest BCUT2D eigenvalue weighted by molar-refractivity contribution is 5.74. The molecule has 0 radical (unpaired) electrons. The van der Waals surface area contributed by atoms with Crippen molar-refractivity contribution in [3.63, 3.8) is 0 Å². The van der Waals surface area contributed by atoms with Crippen LogP contribution < -0.4 is 0 Å². The van der Waals surface area contributed by atoms with E-state index >= 15 is 0 Å². The second-order valence-electron chi connectivity index (χ2n) is 5.66. The Bertz CT molecular complexity index is 449. The van der Waals surface area contributed by atoms with Crippen LogP contribution in [0.3, 0.4) is 0 Å². The lowest BCUT2D eigenvalue weighted by atomic mass is 9.94. The van der Waals surface area contributed by atoms with Crippen LogP contribution in [0.1, 0.15) is 48.9 Å². The number of aryl methyl sites for hydroxylation is 2. The van der Waals surface area contributed by atoms with E-state index in [2.05, 4.69) is 32.1 Å². The zero-order valence-corrected chi connectivity index (χ0v) is 10.3. The highest BCUT2D eigenvalue weighted by Gasteiger charge is 2.19. The van der Waals surface area contributed by atoms with E-state index in [9.17, 15) is 0 Å². The van der Waals surface area contributed by atoms with E-state index < -0.39 is 0 Å². The largest absolute Gasteiger partial charge is 0.0763 e. The van der Waals surface area contributed by atoms with Gasteiger partial charge in [0.05, 0.1) is 0 Å². The van der Waals surface area contributed by atoms with Crippen LogP contribution in [0, 0.1) is 5.92 Å². The lowest BCUT2D eigenvalue weighted by Crippen LogP contribution is -1.93. The fourth-order valence-electron chi connectivity index (χ4n) is 3.12. The molecule has 16 heavy (non-hydrogen) atoms. The summed E-state index contributed by atoms with van der Waals surface area (Å²) >= 11 is 0. The van der Waals surface area contributed by atoms with Gasteiger partial charge in [-0.05, 0) is 65.8 Å². The summed E-state index contributed by atoms with van der Waals surface area (Å²) in [7, 11) is 0. The Morgan fingerprint density at radius 1 is 1.06 bits per heavy atom. The number of allylic oxidation sites excluding steroid dienone is 2. The number of hydrogen-bond donors (Lipinski definition) is 0. The summed E-state index contributed by atoms with van der Waals surface area (Å²) in [4.78, 5) is 0. The lowest BCUT2D eigenvalue weighted by molar-refractivity contribution is 0.674. The van der Waals surface area contributed by atoms with Crippen molar-refractivity contribution in [2.75, 3.05) is 0 Å². The van der Waals surface area contributed by atoms with Gasteiger partial charge in [-0.1, -0.05) is 32.1 Å². The Morgan fingerprint density at radius 3 is 2.56 bits per heavy atom.